The van der Waals surface area contributed by atoms with Gasteiger partial charge in [0.15, 0.2) is 0 Å². The number of H-pyrrole nitrogens is 1. The normalized spacial score (nSPS) is 11.5. The topological polar surface area (TPSA) is 150 Å². The van der Waals surface area contributed by atoms with Gasteiger partial charge >= 0.3 is 0 Å². The van der Waals surface area contributed by atoms with Crippen molar-refractivity contribution in [3.05, 3.63) is 100 Å². The number of aryl methyl sites for hydroxylation is 1. The van der Waals surface area contributed by atoms with Crippen molar-refractivity contribution in [2.45, 2.75) is 6.92 Å². The van der Waals surface area contributed by atoms with E-state index >= 15 is 0 Å². The highest BCUT2D eigenvalue weighted by Crippen LogP contribution is 2.40. The van der Waals surface area contributed by atoms with E-state index in [2.05, 4.69) is 21.1 Å². The maximum absolute atomic E-state index is 13.7. The Kier molecular flexibility index (Phi) is 7.26. The van der Waals surface area contributed by atoms with Gasteiger partial charge in [-0.15, -0.1) is 0 Å². The minimum absolute atomic E-state index is 0.167. The Balaban J connectivity index is 1.64. The quantitative estimate of drug-likeness (QED) is 0.206. The number of halogens is 1. The predicted octanol–water partition coefficient (Wildman–Crippen LogP) is 5.75. The van der Waals surface area contributed by atoms with Crippen molar-refractivity contribution >= 4 is 43.5 Å². The second-order valence-corrected chi connectivity index (χ2v) is 12.4. The summed E-state index contributed by atoms with van der Waals surface area (Å²) in [5.74, 6) is -0.951. The maximum Gasteiger partial charge on any atom is 0.259 e. The Morgan fingerprint density at radius 2 is 1.80 bits per heavy atom. The first-order chi connectivity index (χ1) is 21.5. The standard InChI is InChI=1S/C33H26FN5O5S/c1-4-45(42,43)38-28-15-29-25(30(32(40)36-2)31(44-29)18-8-10-21(34)11-9-18)13-22(28)20-12-24(33(41)39(3)17-20)27-14-23-19(16-35)6-5-7-26(23)37-27/h5-15,17,37-38H,4H2,1-3H3,(H,36,40). The van der Waals surface area contributed by atoms with Gasteiger partial charge in [-0.2, -0.15) is 5.26 Å². The molecule has 6 aromatic rings. The van der Waals surface area contributed by atoms with Crippen molar-refractivity contribution in [1.29, 1.82) is 5.26 Å². The first-order valence-electron chi connectivity index (χ1n) is 13.9. The molecule has 0 spiro atoms. The van der Waals surface area contributed by atoms with Gasteiger partial charge in [-0.25, -0.2) is 12.8 Å². The molecule has 3 N–H and O–H groups in total. The molecule has 0 saturated heterocycles. The van der Waals surface area contributed by atoms with Gasteiger partial charge in [-0.3, -0.25) is 14.3 Å². The Labute approximate surface area is 256 Å². The first-order valence-corrected chi connectivity index (χ1v) is 15.5. The zero-order valence-electron chi connectivity index (χ0n) is 24.4. The molecule has 6 rings (SSSR count). The van der Waals surface area contributed by atoms with Crippen LogP contribution in [0.15, 0.2) is 82.1 Å². The second-order valence-electron chi connectivity index (χ2n) is 10.4. The number of hydrogen-bond donors (Lipinski definition) is 3. The lowest BCUT2D eigenvalue weighted by Crippen LogP contribution is -2.19. The number of hydrogen-bond acceptors (Lipinski definition) is 6. The van der Waals surface area contributed by atoms with Crippen molar-refractivity contribution in [1.82, 2.24) is 14.9 Å². The van der Waals surface area contributed by atoms with Gasteiger partial charge in [-0.05, 0) is 61.5 Å². The Bertz CT molecular complexity index is 2360. The van der Waals surface area contributed by atoms with Crippen molar-refractivity contribution in [2.24, 2.45) is 7.05 Å². The summed E-state index contributed by atoms with van der Waals surface area (Å²) in [5.41, 5.74) is 3.41. The van der Waals surface area contributed by atoms with Crippen LogP contribution in [0.25, 0.3) is 55.6 Å². The fraction of sp³-hybridized carbons (Fsp3) is 0.121. The number of pyridine rings is 1. The summed E-state index contributed by atoms with van der Waals surface area (Å²) < 4.78 is 49.4. The molecule has 10 nitrogen and oxygen atoms in total. The van der Waals surface area contributed by atoms with Crippen LogP contribution >= 0.6 is 0 Å². The van der Waals surface area contributed by atoms with Crippen molar-refractivity contribution in [2.75, 3.05) is 17.5 Å². The molecule has 0 bridgehead atoms. The smallest absolute Gasteiger partial charge is 0.259 e. The average Bonchev–Trinajstić information content (AvgIpc) is 3.63. The Morgan fingerprint density at radius 3 is 2.49 bits per heavy atom. The summed E-state index contributed by atoms with van der Waals surface area (Å²) in [7, 11) is -0.730. The molecule has 12 heteroatoms. The molecule has 0 aliphatic heterocycles. The molecule has 0 fully saturated rings. The summed E-state index contributed by atoms with van der Waals surface area (Å²) in [5, 5.41) is 13.2. The summed E-state index contributed by atoms with van der Waals surface area (Å²) in [6, 6.07) is 19.3. The van der Waals surface area contributed by atoms with E-state index in [0.29, 0.717) is 44.2 Å². The zero-order valence-corrected chi connectivity index (χ0v) is 25.2. The van der Waals surface area contributed by atoms with Crippen LogP contribution in [0.2, 0.25) is 0 Å². The maximum atomic E-state index is 13.7. The molecule has 3 aromatic heterocycles. The number of aromatic nitrogens is 2. The Morgan fingerprint density at radius 1 is 1.04 bits per heavy atom. The molecule has 0 aliphatic rings. The minimum Gasteiger partial charge on any atom is -0.455 e. The number of sulfonamides is 1. The van der Waals surface area contributed by atoms with Crippen LogP contribution in [0, 0.1) is 17.1 Å². The van der Waals surface area contributed by atoms with Crippen LogP contribution in [0.5, 0.6) is 0 Å². The fourth-order valence-electron chi connectivity index (χ4n) is 5.31. The number of furan rings is 1. The monoisotopic (exact) mass is 623 g/mol. The number of carbonyl (C=O) groups is 1. The largest absolute Gasteiger partial charge is 0.455 e. The van der Waals surface area contributed by atoms with E-state index in [-0.39, 0.29) is 39.5 Å². The van der Waals surface area contributed by atoms with E-state index in [0.717, 1.165) is 0 Å². The molecule has 0 saturated carbocycles. The van der Waals surface area contributed by atoms with Gasteiger partial charge in [0.05, 0.1) is 39.9 Å². The van der Waals surface area contributed by atoms with Crippen LogP contribution in [0.4, 0.5) is 10.1 Å². The molecule has 0 aliphatic carbocycles. The highest BCUT2D eigenvalue weighted by atomic mass is 32.2. The molecule has 1 amide bonds. The lowest BCUT2D eigenvalue weighted by Gasteiger charge is -2.14. The minimum atomic E-state index is -3.78. The van der Waals surface area contributed by atoms with Gasteiger partial charge in [0, 0.05) is 59.3 Å². The lowest BCUT2D eigenvalue weighted by atomic mass is 9.98. The van der Waals surface area contributed by atoms with Gasteiger partial charge in [0.1, 0.15) is 17.2 Å². The number of carbonyl (C=O) groups excluding carboxylic acids is 1. The SMILES string of the molecule is CCS(=O)(=O)Nc1cc2oc(-c3ccc(F)cc3)c(C(=O)NC)c2cc1-c1cc(-c2cc3c(C#N)cccc3[nH]2)c(=O)n(C)c1. The van der Waals surface area contributed by atoms with E-state index in [1.54, 1.807) is 49.6 Å². The van der Waals surface area contributed by atoms with Crippen LogP contribution < -0.4 is 15.6 Å². The molecule has 3 aromatic carbocycles. The predicted molar refractivity (Wildman–Crippen MR) is 171 cm³/mol. The number of nitriles is 1. The molecular weight excluding hydrogens is 597 g/mol. The molecule has 226 valence electrons. The number of benzene rings is 3. The Hall–Kier alpha value is -5.67. The van der Waals surface area contributed by atoms with Crippen molar-refractivity contribution < 1.29 is 22.0 Å². The van der Waals surface area contributed by atoms with Crippen molar-refractivity contribution in [3.8, 4) is 39.8 Å². The van der Waals surface area contributed by atoms with E-state index in [9.17, 15) is 27.7 Å². The van der Waals surface area contributed by atoms with Crippen LogP contribution in [-0.4, -0.2) is 36.7 Å². The number of amides is 1. The third kappa shape index (κ3) is 5.23. The number of rotatable bonds is 7. The van der Waals surface area contributed by atoms with Crippen LogP contribution in [0.3, 0.4) is 0 Å². The van der Waals surface area contributed by atoms with Gasteiger partial charge in [0.25, 0.3) is 11.5 Å². The number of nitrogens with zero attached hydrogens (tertiary/aromatic N) is 2. The summed E-state index contributed by atoms with van der Waals surface area (Å²) >= 11 is 0. The van der Waals surface area contributed by atoms with E-state index < -0.39 is 21.7 Å². The van der Waals surface area contributed by atoms with Gasteiger partial charge < -0.3 is 19.3 Å². The summed E-state index contributed by atoms with van der Waals surface area (Å²) in [4.78, 5) is 29.8. The third-order valence-corrected chi connectivity index (χ3v) is 8.89. The number of aromatic amines is 1. The molecule has 45 heavy (non-hydrogen) atoms. The van der Waals surface area contributed by atoms with E-state index in [1.807, 2.05) is 0 Å². The summed E-state index contributed by atoms with van der Waals surface area (Å²) in [6.07, 6.45) is 1.57. The van der Waals surface area contributed by atoms with E-state index in [1.165, 1.54) is 48.9 Å². The average molecular weight is 624 g/mol. The molecule has 3 heterocycles. The molecular formula is C33H26FN5O5S. The molecule has 0 unspecified atom stereocenters. The van der Waals surface area contributed by atoms with Gasteiger partial charge in [-0.1, -0.05) is 6.07 Å². The molecule has 0 radical (unpaired) electrons. The number of nitrogens with one attached hydrogen (secondary N) is 3. The van der Waals surface area contributed by atoms with Crippen molar-refractivity contribution in [3.63, 3.8) is 0 Å². The zero-order chi connectivity index (χ0) is 32.0. The third-order valence-electron chi connectivity index (χ3n) is 7.60. The van der Waals surface area contributed by atoms with Crippen LogP contribution in [-0.2, 0) is 17.1 Å². The first kappa shape index (κ1) is 29.4. The van der Waals surface area contributed by atoms with E-state index in [4.69, 9.17) is 4.42 Å². The van der Waals surface area contributed by atoms with Gasteiger partial charge in [0.2, 0.25) is 10.0 Å². The molecule has 0 atom stereocenters. The highest BCUT2D eigenvalue weighted by Gasteiger charge is 2.25. The fourth-order valence-corrected chi connectivity index (χ4v) is 5.96. The highest BCUT2D eigenvalue weighted by molar-refractivity contribution is 7.92. The number of fused-ring (bicyclic) bond motifs is 2. The number of anilines is 1. The summed E-state index contributed by atoms with van der Waals surface area (Å²) in [6.45, 7) is 1.50. The lowest BCUT2D eigenvalue weighted by molar-refractivity contribution is 0.0964. The van der Waals surface area contributed by atoms with Crippen LogP contribution in [0.1, 0.15) is 22.8 Å². The second kappa shape index (κ2) is 11.1.